The number of aromatic nitrogens is 3. The molecule has 0 aromatic carbocycles. The summed E-state index contributed by atoms with van der Waals surface area (Å²) in [7, 11) is 0. The molecule has 1 aliphatic rings. The predicted octanol–water partition coefficient (Wildman–Crippen LogP) is 1.26. The van der Waals surface area contributed by atoms with E-state index in [1.807, 2.05) is 0 Å². The molecule has 0 unspecified atom stereocenters. The van der Waals surface area contributed by atoms with Crippen LogP contribution in [-0.2, 0) is 0 Å². The van der Waals surface area contributed by atoms with Gasteiger partial charge in [-0.2, -0.15) is 0 Å². The molecule has 0 saturated carbocycles. The summed E-state index contributed by atoms with van der Waals surface area (Å²) in [5.41, 5.74) is 1.14. The molecule has 3 heterocycles. The highest BCUT2D eigenvalue weighted by Crippen LogP contribution is 2.30. The molecule has 0 spiro atoms. The van der Waals surface area contributed by atoms with Crippen LogP contribution in [0.3, 0.4) is 0 Å². The molecule has 6 nitrogen and oxygen atoms in total. The average molecular weight is 185 g/mol. The third kappa shape index (κ3) is 0.792. The van der Waals surface area contributed by atoms with Gasteiger partial charge in [-0.05, 0) is 12.1 Å². The topological polar surface area (TPSA) is 80.5 Å². The van der Waals surface area contributed by atoms with Crippen LogP contribution in [0.2, 0.25) is 0 Å². The summed E-state index contributed by atoms with van der Waals surface area (Å²) in [6.07, 6.45) is 1.61. The summed E-state index contributed by atoms with van der Waals surface area (Å²) in [6.45, 7) is 0. The number of hydrogen-bond donors (Lipinski definition) is 0. The minimum Gasteiger partial charge on any atom is -0.263 e. The van der Waals surface area contributed by atoms with E-state index < -0.39 is 5.91 Å². The van der Waals surface area contributed by atoms with Crippen LogP contribution < -0.4 is 0 Å². The Hall–Kier alpha value is -2.24. The lowest BCUT2D eigenvalue weighted by Gasteiger charge is -1.96. The lowest BCUT2D eigenvalue weighted by molar-refractivity contribution is 0.0997. The molecule has 14 heavy (non-hydrogen) atoms. The average Bonchev–Trinajstić information content (AvgIpc) is 2.61. The fourth-order valence-electron chi connectivity index (χ4n) is 1.32. The minimum absolute atomic E-state index is 0.200. The fourth-order valence-corrected chi connectivity index (χ4v) is 1.32. The van der Waals surface area contributed by atoms with Gasteiger partial charge in [-0.1, -0.05) is 0 Å². The van der Waals surface area contributed by atoms with Gasteiger partial charge in [0.2, 0.25) is 0 Å². The van der Waals surface area contributed by atoms with Crippen molar-refractivity contribution in [3.63, 3.8) is 0 Å². The molecule has 0 aliphatic carbocycles. The Morgan fingerprint density at radius 3 is 3.00 bits per heavy atom. The second-order valence-electron chi connectivity index (χ2n) is 2.78. The van der Waals surface area contributed by atoms with Crippen molar-refractivity contribution < 1.29 is 4.79 Å². The van der Waals surface area contributed by atoms with E-state index in [-0.39, 0.29) is 5.69 Å². The lowest BCUT2D eigenvalue weighted by Crippen LogP contribution is -1.97. The van der Waals surface area contributed by atoms with E-state index in [0.29, 0.717) is 16.7 Å². The molecule has 6 heteroatoms. The summed E-state index contributed by atoms with van der Waals surface area (Å²) in [5, 5.41) is 15.4. The summed E-state index contributed by atoms with van der Waals surface area (Å²) in [6, 6.07) is 3.54. The van der Waals surface area contributed by atoms with Crippen molar-refractivity contribution in [3.8, 4) is 0 Å². The van der Waals surface area contributed by atoms with Crippen LogP contribution in [0.15, 0.2) is 28.6 Å². The van der Waals surface area contributed by atoms with Crippen molar-refractivity contribution in [1.82, 2.24) is 15.2 Å². The van der Waals surface area contributed by atoms with Gasteiger partial charge in [-0.3, -0.25) is 4.79 Å². The van der Waals surface area contributed by atoms with E-state index >= 15 is 0 Å². The smallest absolute Gasteiger partial charge is 0.263 e. The number of azo groups is 1. The molecule has 3 rings (SSSR count). The maximum absolute atomic E-state index is 11.1. The van der Waals surface area contributed by atoms with E-state index in [9.17, 15) is 4.79 Å². The number of amides is 1. The summed E-state index contributed by atoms with van der Waals surface area (Å²) in [4.78, 5) is 15.1. The quantitative estimate of drug-likeness (QED) is 0.618. The molecule has 0 N–H and O–H groups in total. The van der Waals surface area contributed by atoms with Crippen LogP contribution in [0.1, 0.15) is 10.5 Å². The Bertz CT molecular complexity index is 577. The standard InChI is InChI=1S/C8H3N5O/c14-8-6-5(10-13-8)4-2-1-3-9-7(4)12-11-6/h1-3H. The van der Waals surface area contributed by atoms with Gasteiger partial charge < -0.3 is 0 Å². The van der Waals surface area contributed by atoms with Crippen molar-refractivity contribution in [2.45, 2.75) is 0 Å². The van der Waals surface area contributed by atoms with Crippen molar-refractivity contribution in [3.05, 3.63) is 24.0 Å². The maximum atomic E-state index is 11.1. The highest BCUT2D eigenvalue weighted by Gasteiger charge is 2.22. The highest BCUT2D eigenvalue weighted by molar-refractivity contribution is 6.06. The van der Waals surface area contributed by atoms with E-state index in [4.69, 9.17) is 0 Å². The zero-order valence-electron chi connectivity index (χ0n) is 6.88. The third-order valence-electron chi connectivity index (χ3n) is 1.95. The normalized spacial score (nSPS) is 13.6. The number of fused-ring (bicyclic) bond motifs is 3. The van der Waals surface area contributed by atoms with Gasteiger partial charge in [-0.15, -0.1) is 20.4 Å². The van der Waals surface area contributed by atoms with Crippen LogP contribution >= 0.6 is 0 Å². The zero-order chi connectivity index (χ0) is 9.54. The Morgan fingerprint density at radius 1 is 1.14 bits per heavy atom. The number of pyridine rings is 1. The van der Waals surface area contributed by atoms with Gasteiger partial charge in [-0.25, -0.2) is 4.98 Å². The first-order chi connectivity index (χ1) is 6.86. The molecule has 1 amide bonds. The molecule has 2 aromatic heterocycles. The number of rotatable bonds is 0. The second kappa shape index (κ2) is 2.38. The van der Waals surface area contributed by atoms with E-state index in [2.05, 4.69) is 25.4 Å². The number of nitrogens with zero attached hydrogens (tertiary/aromatic N) is 5. The molecule has 0 bridgehead atoms. The van der Waals surface area contributed by atoms with E-state index in [1.165, 1.54) is 0 Å². The molecular weight excluding hydrogens is 182 g/mol. The summed E-state index contributed by atoms with van der Waals surface area (Å²) in [5.74, 6) is -0.446. The first kappa shape index (κ1) is 7.19. The van der Waals surface area contributed by atoms with Crippen LogP contribution in [0, 0.1) is 0 Å². The van der Waals surface area contributed by atoms with Crippen molar-refractivity contribution in [1.29, 1.82) is 0 Å². The van der Waals surface area contributed by atoms with Gasteiger partial charge in [0, 0.05) is 6.20 Å². The Balaban J connectivity index is 2.49. The molecule has 0 atom stereocenters. The number of carbonyl (C=O) groups is 1. The van der Waals surface area contributed by atoms with Gasteiger partial charge in [0.15, 0.2) is 11.3 Å². The van der Waals surface area contributed by atoms with Crippen LogP contribution in [0.5, 0.6) is 0 Å². The van der Waals surface area contributed by atoms with Gasteiger partial charge in [0.25, 0.3) is 0 Å². The number of carbonyl (C=O) groups excluding carboxylic acids is 1. The summed E-state index contributed by atoms with van der Waals surface area (Å²) >= 11 is 0. The maximum Gasteiger partial charge on any atom is 0.318 e. The van der Waals surface area contributed by atoms with Crippen LogP contribution in [0.25, 0.3) is 11.0 Å². The van der Waals surface area contributed by atoms with E-state index in [0.717, 1.165) is 0 Å². The molecule has 0 saturated heterocycles. The van der Waals surface area contributed by atoms with Gasteiger partial charge in [0.1, 0.15) is 5.69 Å². The molecule has 66 valence electrons. The first-order valence-electron chi connectivity index (χ1n) is 3.94. The first-order valence-corrected chi connectivity index (χ1v) is 3.94. The van der Waals surface area contributed by atoms with Crippen molar-refractivity contribution in [2.24, 2.45) is 10.2 Å². The second-order valence-corrected chi connectivity index (χ2v) is 2.78. The SMILES string of the molecule is O=C1N=Nc2c1nnc1ncccc21. The lowest BCUT2D eigenvalue weighted by atomic mass is 10.2. The Kier molecular flexibility index (Phi) is 1.22. The van der Waals surface area contributed by atoms with Crippen LogP contribution in [0.4, 0.5) is 5.69 Å². The largest absolute Gasteiger partial charge is 0.318 e. The Morgan fingerprint density at radius 2 is 2.07 bits per heavy atom. The fraction of sp³-hybridized carbons (Fsp3) is 0. The third-order valence-corrected chi connectivity index (χ3v) is 1.95. The van der Waals surface area contributed by atoms with Gasteiger partial charge in [0.05, 0.1) is 5.39 Å². The zero-order valence-corrected chi connectivity index (χ0v) is 6.88. The summed E-state index contributed by atoms with van der Waals surface area (Å²) < 4.78 is 0. The monoisotopic (exact) mass is 185 g/mol. The molecule has 1 aliphatic heterocycles. The molecule has 0 radical (unpaired) electrons. The number of hydrogen-bond acceptors (Lipinski definition) is 5. The van der Waals surface area contributed by atoms with Crippen LogP contribution in [-0.4, -0.2) is 21.1 Å². The van der Waals surface area contributed by atoms with Crippen molar-refractivity contribution >= 4 is 22.6 Å². The molecule has 2 aromatic rings. The van der Waals surface area contributed by atoms with E-state index in [1.54, 1.807) is 18.3 Å². The van der Waals surface area contributed by atoms with Crippen molar-refractivity contribution in [2.75, 3.05) is 0 Å². The minimum atomic E-state index is -0.446. The predicted molar refractivity (Wildman–Crippen MR) is 46.2 cm³/mol. The highest BCUT2D eigenvalue weighted by atomic mass is 16.2. The Labute approximate surface area is 77.7 Å². The molecular formula is C8H3N5O. The van der Waals surface area contributed by atoms with Gasteiger partial charge >= 0.3 is 5.91 Å². The molecule has 0 fully saturated rings.